The summed E-state index contributed by atoms with van der Waals surface area (Å²) in [4.78, 5) is 67.6. The Hall–Kier alpha value is -2.77. The second kappa shape index (κ2) is 7.70. The standard InChI is InChI=1S/C31H36O8/c1-13-8-21-25(26(37-16(4)32)29(5)19(13)6-7-22(29)33)31(28(36)39-21)11-17-10-23(34)30(31)12-18-15(3)27(35)38-20(18)9-14(2)24(17)30/h6-7,13-14,17-21,24-26H,3,8-12H2,1-2,4-5H3/t13-,14-,17+,18-,19+,20-,21-,24-,25-,26+,29+,30+,31-/m1/s1. The molecule has 8 nitrogen and oxygen atoms in total. The van der Waals surface area contributed by atoms with Crippen LogP contribution in [0, 0.1) is 57.7 Å². The number of Topliss-reactive ketones (excluding diaryl/α,β-unsaturated/α-hetero) is 1. The van der Waals surface area contributed by atoms with Crippen LogP contribution in [0.25, 0.3) is 0 Å². The number of carbonyl (C=O) groups excluding carboxylic acids is 5. The van der Waals surface area contributed by atoms with Gasteiger partial charge in [0, 0.05) is 30.3 Å². The monoisotopic (exact) mass is 536 g/mol. The van der Waals surface area contributed by atoms with Crippen LogP contribution < -0.4 is 0 Å². The summed E-state index contributed by atoms with van der Waals surface area (Å²) >= 11 is 0. The number of hydrogen-bond donors (Lipinski definition) is 0. The maximum Gasteiger partial charge on any atom is 0.334 e. The molecule has 0 aromatic carbocycles. The Morgan fingerprint density at radius 1 is 1.00 bits per heavy atom. The van der Waals surface area contributed by atoms with Gasteiger partial charge in [-0.15, -0.1) is 0 Å². The highest BCUT2D eigenvalue weighted by atomic mass is 16.6. The fourth-order valence-corrected chi connectivity index (χ4v) is 11.1. The minimum atomic E-state index is -1.25. The first kappa shape index (κ1) is 25.2. The zero-order valence-corrected chi connectivity index (χ0v) is 22.9. The molecule has 0 N–H and O–H groups in total. The zero-order chi connectivity index (χ0) is 27.8. The Balaban J connectivity index is 1.46. The third-order valence-electron chi connectivity index (χ3n) is 12.3. The average molecular weight is 537 g/mol. The molecule has 2 heterocycles. The molecule has 208 valence electrons. The molecule has 0 aromatic heterocycles. The van der Waals surface area contributed by atoms with Crippen molar-refractivity contribution in [3.05, 3.63) is 24.3 Å². The topological polar surface area (TPSA) is 113 Å². The Bertz CT molecular complexity index is 1280. The molecule has 2 saturated heterocycles. The molecule has 7 aliphatic rings. The number of ether oxygens (including phenoxy) is 3. The summed E-state index contributed by atoms with van der Waals surface area (Å²) in [6, 6.07) is 0. The highest BCUT2D eigenvalue weighted by molar-refractivity contribution is 6.01. The Kier molecular flexibility index (Phi) is 4.98. The van der Waals surface area contributed by atoms with Crippen molar-refractivity contribution in [2.45, 2.75) is 78.1 Å². The lowest BCUT2D eigenvalue weighted by molar-refractivity contribution is -0.179. The molecule has 13 atom stereocenters. The first-order valence-electron chi connectivity index (χ1n) is 14.4. The molecule has 5 aliphatic carbocycles. The smallest absolute Gasteiger partial charge is 0.334 e. The number of esters is 3. The van der Waals surface area contributed by atoms with Gasteiger partial charge in [0.2, 0.25) is 0 Å². The summed E-state index contributed by atoms with van der Waals surface area (Å²) in [7, 11) is 0. The lowest BCUT2D eigenvalue weighted by atomic mass is 9.49. The molecule has 2 aliphatic heterocycles. The van der Waals surface area contributed by atoms with E-state index in [1.54, 1.807) is 6.08 Å². The number of hydrogen-bond acceptors (Lipinski definition) is 8. The number of ketones is 2. The summed E-state index contributed by atoms with van der Waals surface area (Å²) in [6.45, 7) is 11.4. The van der Waals surface area contributed by atoms with Gasteiger partial charge in [-0.25, -0.2) is 4.79 Å². The van der Waals surface area contributed by atoms with E-state index in [2.05, 4.69) is 20.4 Å². The van der Waals surface area contributed by atoms with E-state index in [0.29, 0.717) is 37.7 Å². The van der Waals surface area contributed by atoms with Crippen LogP contribution in [0.2, 0.25) is 0 Å². The van der Waals surface area contributed by atoms with E-state index in [0.717, 1.165) is 0 Å². The van der Waals surface area contributed by atoms with Crippen molar-refractivity contribution in [2.24, 2.45) is 57.7 Å². The van der Waals surface area contributed by atoms with Gasteiger partial charge in [0.1, 0.15) is 24.1 Å². The van der Waals surface area contributed by atoms with Gasteiger partial charge in [0.25, 0.3) is 0 Å². The van der Waals surface area contributed by atoms with Gasteiger partial charge in [-0.3, -0.25) is 19.2 Å². The third kappa shape index (κ3) is 2.74. The van der Waals surface area contributed by atoms with Gasteiger partial charge in [-0.2, -0.15) is 0 Å². The summed E-state index contributed by atoms with van der Waals surface area (Å²) in [6.07, 6.45) is 3.87. The van der Waals surface area contributed by atoms with Gasteiger partial charge in [-0.1, -0.05) is 26.5 Å². The largest absolute Gasteiger partial charge is 0.461 e. The molecule has 7 rings (SSSR count). The predicted octanol–water partition coefficient (Wildman–Crippen LogP) is 3.37. The van der Waals surface area contributed by atoms with Crippen LogP contribution in [0.3, 0.4) is 0 Å². The Morgan fingerprint density at radius 2 is 1.72 bits per heavy atom. The number of allylic oxidation sites excluding steroid dienone is 2. The first-order valence-corrected chi connectivity index (χ1v) is 14.4. The maximum absolute atomic E-state index is 14.4. The first-order chi connectivity index (χ1) is 18.4. The molecular formula is C31H36O8. The average Bonchev–Trinajstić information content (AvgIpc) is 3.52. The normalized spacial score (nSPS) is 53.1. The van der Waals surface area contributed by atoms with Crippen molar-refractivity contribution in [3.8, 4) is 0 Å². The predicted molar refractivity (Wildman–Crippen MR) is 135 cm³/mol. The molecule has 0 unspecified atom stereocenters. The van der Waals surface area contributed by atoms with Crippen LogP contribution in [-0.2, 0) is 38.2 Å². The van der Waals surface area contributed by atoms with Crippen LogP contribution in [-0.4, -0.2) is 47.8 Å². The van der Waals surface area contributed by atoms with Crippen LogP contribution in [0.5, 0.6) is 0 Å². The summed E-state index contributed by atoms with van der Waals surface area (Å²) < 4.78 is 18.1. The van der Waals surface area contributed by atoms with Gasteiger partial charge < -0.3 is 14.2 Å². The molecule has 1 spiro atoms. The summed E-state index contributed by atoms with van der Waals surface area (Å²) in [5, 5.41) is 0. The van der Waals surface area contributed by atoms with E-state index < -0.39 is 52.3 Å². The Labute approximate surface area is 227 Å². The molecule has 4 saturated carbocycles. The van der Waals surface area contributed by atoms with Gasteiger partial charge in [-0.05, 0) is 68.3 Å². The van der Waals surface area contributed by atoms with Crippen molar-refractivity contribution in [2.75, 3.05) is 0 Å². The van der Waals surface area contributed by atoms with Crippen molar-refractivity contribution in [3.63, 3.8) is 0 Å². The lowest BCUT2D eigenvalue weighted by Gasteiger charge is -2.50. The molecule has 0 aromatic rings. The van der Waals surface area contributed by atoms with E-state index in [4.69, 9.17) is 14.2 Å². The molecule has 0 amide bonds. The minimum Gasteiger partial charge on any atom is -0.461 e. The van der Waals surface area contributed by atoms with Gasteiger partial charge >= 0.3 is 17.9 Å². The third-order valence-corrected chi connectivity index (χ3v) is 12.3. The van der Waals surface area contributed by atoms with E-state index in [1.165, 1.54) is 6.92 Å². The van der Waals surface area contributed by atoms with E-state index in [1.807, 2.05) is 13.0 Å². The van der Waals surface area contributed by atoms with Crippen molar-refractivity contribution >= 4 is 29.5 Å². The van der Waals surface area contributed by atoms with Crippen LogP contribution in [0.4, 0.5) is 0 Å². The SMILES string of the molecule is C=C1C(=O)O[C@@H]2C[C@@H](C)[C@@H]3[C@H]4CC(=O)[C@]3(C[C@H]12)[C@@]1(C4)C(=O)O[C@@H]2C[C@@H](C)[C@@H]3C=CC(=O)[C@@]3(C)[C@@H](OC(C)=O)[C@@H]21. The van der Waals surface area contributed by atoms with Crippen LogP contribution >= 0.6 is 0 Å². The second-order valence-corrected chi connectivity index (χ2v) is 13.8. The van der Waals surface area contributed by atoms with Crippen molar-refractivity contribution < 1.29 is 38.2 Å². The van der Waals surface area contributed by atoms with E-state index in [-0.39, 0.29) is 53.2 Å². The quantitative estimate of drug-likeness (QED) is 0.285. The molecule has 0 radical (unpaired) electrons. The Morgan fingerprint density at radius 3 is 2.44 bits per heavy atom. The fraction of sp³-hybridized carbons (Fsp3) is 0.710. The highest BCUT2D eigenvalue weighted by Crippen LogP contribution is 2.78. The molecular weight excluding hydrogens is 500 g/mol. The second-order valence-electron chi connectivity index (χ2n) is 13.8. The summed E-state index contributed by atoms with van der Waals surface area (Å²) in [5.41, 5.74) is -3.07. The van der Waals surface area contributed by atoms with Crippen molar-refractivity contribution in [1.82, 2.24) is 0 Å². The molecule has 8 heteroatoms. The molecule has 6 fully saturated rings. The van der Waals surface area contributed by atoms with E-state index in [9.17, 15) is 24.0 Å². The number of carbonyl (C=O) groups is 5. The van der Waals surface area contributed by atoms with Crippen molar-refractivity contribution in [1.29, 1.82) is 0 Å². The molecule has 2 bridgehead atoms. The van der Waals surface area contributed by atoms with E-state index >= 15 is 0 Å². The lowest BCUT2D eigenvalue weighted by Crippen LogP contribution is -2.60. The van der Waals surface area contributed by atoms with Crippen LogP contribution in [0.15, 0.2) is 24.3 Å². The number of fused-ring (bicyclic) bond motifs is 4. The number of rotatable bonds is 1. The zero-order valence-electron chi connectivity index (χ0n) is 22.9. The van der Waals surface area contributed by atoms with Gasteiger partial charge in [0.15, 0.2) is 5.78 Å². The summed E-state index contributed by atoms with van der Waals surface area (Å²) in [5.74, 6) is -2.78. The van der Waals surface area contributed by atoms with Crippen LogP contribution in [0.1, 0.15) is 59.8 Å². The fourth-order valence-electron chi connectivity index (χ4n) is 11.1. The van der Waals surface area contributed by atoms with Gasteiger partial charge in [0.05, 0.1) is 16.7 Å². The highest BCUT2D eigenvalue weighted by Gasteiger charge is 2.84. The molecule has 39 heavy (non-hydrogen) atoms. The maximum atomic E-state index is 14.4. The minimum absolute atomic E-state index is 0.00522.